The lowest BCUT2D eigenvalue weighted by Gasteiger charge is -2.18. The minimum absolute atomic E-state index is 0.0778. The molecule has 0 saturated heterocycles. The fourth-order valence-corrected chi connectivity index (χ4v) is 2.36. The predicted molar refractivity (Wildman–Crippen MR) is 69.0 cm³/mol. The van der Waals surface area contributed by atoms with Crippen LogP contribution in [0, 0.1) is 6.92 Å². The van der Waals surface area contributed by atoms with Crippen LogP contribution in [0.5, 0.6) is 0 Å². The number of aryl methyl sites for hydroxylation is 2. The van der Waals surface area contributed by atoms with E-state index in [1.165, 1.54) is 0 Å². The molecule has 90 valence electrons. The fourth-order valence-electron chi connectivity index (χ4n) is 2.36. The molecule has 0 radical (unpaired) electrons. The monoisotopic (exact) mass is 230 g/mol. The number of benzene rings is 1. The third-order valence-corrected chi connectivity index (χ3v) is 3.30. The van der Waals surface area contributed by atoms with Crippen LogP contribution in [0.3, 0.4) is 0 Å². The molecule has 1 aromatic carbocycles. The molecule has 0 spiro atoms. The molecule has 1 N–H and O–H groups in total. The van der Waals surface area contributed by atoms with Gasteiger partial charge in [-0.05, 0) is 30.9 Å². The third kappa shape index (κ3) is 2.26. The van der Waals surface area contributed by atoms with Crippen LogP contribution in [-0.2, 0) is 11.2 Å². The van der Waals surface area contributed by atoms with E-state index in [9.17, 15) is 9.90 Å². The van der Waals surface area contributed by atoms with Gasteiger partial charge in [-0.25, -0.2) is 0 Å². The van der Waals surface area contributed by atoms with Crippen molar-refractivity contribution in [3.8, 4) is 0 Å². The molecule has 0 aliphatic heterocycles. The average molecular weight is 230 g/mol. The van der Waals surface area contributed by atoms with E-state index in [0.717, 1.165) is 29.5 Å². The van der Waals surface area contributed by atoms with Gasteiger partial charge in [-0.1, -0.05) is 30.7 Å². The molecule has 2 nitrogen and oxygen atoms in total. The van der Waals surface area contributed by atoms with Gasteiger partial charge in [0.05, 0.1) is 5.57 Å². The molecule has 1 aromatic rings. The van der Waals surface area contributed by atoms with Gasteiger partial charge in [-0.15, -0.1) is 0 Å². The van der Waals surface area contributed by atoms with Crippen molar-refractivity contribution in [3.63, 3.8) is 0 Å². The number of carbonyl (C=O) groups excluding carboxylic acids is 1. The summed E-state index contributed by atoms with van der Waals surface area (Å²) in [7, 11) is 0. The normalized spacial score (nSPS) is 16.5. The molecule has 1 aliphatic rings. The predicted octanol–water partition coefficient (Wildman–Crippen LogP) is 3.58. The topological polar surface area (TPSA) is 37.3 Å². The van der Waals surface area contributed by atoms with Gasteiger partial charge in [0, 0.05) is 12.8 Å². The van der Waals surface area contributed by atoms with Crippen molar-refractivity contribution >= 4 is 11.4 Å². The van der Waals surface area contributed by atoms with Crippen LogP contribution in [0.25, 0.3) is 5.57 Å². The van der Waals surface area contributed by atoms with Crippen molar-refractivity contribution < 1.29 is 9.90 Å². The van der Waals surface area contributed by atoms with Crippen LogP contribution in [0.2, 0.25) is 0 Å². The lowest BCUT2D eigenvalue weighted by molar-refractivity contribution is -0.114. The second kappa shape index (κ2) is 4.74. The molecule has 0 atom stereocenters. The Kier molecular flexibility index (Phi) is 3.32. The van der Waals surface area contributed by atoms with Gasteiger partial charge >= 0.3 is 0 Å². The van der Waals surface area contributed by atoms with E-state index in [0.29, 0.717) is 18.4 Å². The van der Waals surface area contributed by atoms with Crippen molar-refractivity contribution in [2.24, 2.45) is 0 Å². The van der Waals surface area contributed by atoms with Crippen LogP contribution in [0.4, 0.5) is 0 Å². The molecule has 0 saturated carbocycles. The SMILES string of the molecule is CCc1ccc(C)cc1C1=C(O)CCCC1=O. The maximum Gasteiger partial charge on any atom is 0.166 e. The minimum atomic E-state index is 0.0778. The Labute approximate surface area is 102 Å². The van der Waals surface area contributed by atoms with E-state index in [1.54, 1.807) is 0 Å². The number of ketones is 1. The van der Waals surface area contributed by atoms with Crippen LogP contribution in [0.15, 0.2) is 24.0 Å². The number of hydrogen-bond acceptors (Lipinski definition) is 2. The Morgan fingerprint density at radius 3 is 2.71 bits per heavy atom. The van der Waals surface area contributed by atoms with Crippen molar-refractivity contribution in [1.82, 2.24) is 0 Å². The zero-order valence-electron chi connectivity index (χ0n) is 10.4. The summed E-state index contributed by atoms with van der Waals surface area (Å²) in [5, 5.41) is 9.96. The molecule has 0 unspecified atom stereocenters. The Morgan fingerprint density at radius 2 is 2.06 bits per heavy atom. The first-order valence-electron chi connectivity index (χ1n) is 6.18. The van der Waals surface area contributed by atoms with Crippen LogP contribution in [-0.4, -0.2) is 10.9 Å². The van der Waals surface area contributed by atoms with E-state index in [-0.39, 0.29) is 11.5 Å². The minimum Gasteiger partial charge on any atom is -0.512 e. The molecule has 2 heteroatoms. The molecule has 2 rings (SSSR count). The summed E-state index contributed by atoms with van der Waals surface area (Å²) in [5.74, 6) is 0.343. The molecule has 0 bridgehead atoms. The highest BCUT2D eigenvalue weighted by Crippen LogP contribution is 2.31. The first-order chi connectivity index (χ1) is 8.13. The maximum atomic E-state index is 12.0. The standard InChI is InChI=1S/C15H18O2/c1-3-11-8-7-10(2)9-12(11)15-13(16)5-4-6-14(15)17/h7-9,16H,3-6H2,1-2H3. The van der Waals surface area contributed by atoms with E-state index in [1.807, 2.05) is 25.1 Å². The highest BCUT2D eigenvalue weighted by Gasteiger charge is 2.23. The first kappa shape index (κ1) is 11.9. The van der Waals surface area contributed by atoms with E-state index in [2.05, 4.69) is 6.92 Å². The van der Waals surface area contributed by atoms with Gasteiger partial charge in [-0.2, -0.15) is 0 Å². The molecular formula is C15H18O2. The Morgan fingerprint density at radius 1 is 1.29 bits per heavy atom. The number of hydrogen-bond donors (Lipinski definition) is 1. The maximum absolute atomic E-state index is 12.0. The second-order valence-corrected chi connectivity index (χ2v) is 4.61. The van der Waals surface area contributed by atoms with Crippen LogP contribution >= 0.6 is 0 Å². The van der Waals surface area contributed by atoms with Crippen molar-refractivity contribution in [3.05, 3.63) is 40.6 Å². The zero-order chi connectivity index (χ0) is 12.4. The fraction of sp³-hybridized carbons (Fsp3) is 0.400. The highest BCUT2D eigenvalue weighted by molar-refractivity contribution is 6.22. The number of allylic oxidation sites excluding steroid dienone is 2. The number of aliphatic hydroxyl groups is 1. The summed E-state index contributed by atoms with van der Waals surface area (Å²) in [5.41, 5.74) is 3.73. The Hall–Kier alpha value is -1.57. The summed E-state index contributed by atoms with van der Waals surface area (Å²) in [6.07, 6.45) is 2.82. The first-order valence-corrected chi connectivity index (χ1v) is 6.18. The van der Waals surface area contributed by atoms with E-state index < -0.39 is 0 Å². The lowest BCUT2D eigenvalue weighted by atomic mass is 9.87. The van der Waals surface area contributed by atoms with Gasteiger partial charge < -0.3 is 5.11 Å². The number of aliphatic hydroxyl groups excluding tert-OH is 1. The largest absolute Gasteiger partial charge is 0.512 e. The molecule has 0 heterocycles. The van der Waals surface area contributed by atoms with Crippen molar-refractivity contribution in [2.75, 3.05) is 0 Å². The molecule has 17 heavy (non-hydrogen) atoms. The highest BCUT2D eigenvalue weighted by atomic mass is 16.3. The summed E-state index contributed by atoms with van der Waals surface area (Å²) in [6, 6.07) is 6.10. The Bertz CT molecular complexity index is 484. The molecule has 0 aromatic heterocycles. The van der Waals surface area contributed by atoms with Gasteiger partial charge in [0.1, 0.15) is 5.76 Å². The summed E-state index contributed by atoms with van der Waals surface area (Å²) >= 11 is 0. The number of carbonyl (C=O) groups is 1. The van der Waals surface area contributed by atoms with E-state index in [4.69, 9.17) is 0 Å². The lowest BCUT2D eigenvalue weighted by Crippen LogP contribution is -2.12. The zero-order valence-corrected chi connectivity index (χ0v) is 10.4. The summed E-state index contributed by atoms with van der Waals surface area (Å²) in [6.45, 7) is 4.08. The quantitative estimate of drug-likeness (QED) is 0.843. The third-order valence-electron chi connectivity index (χ3n) is 3.30. The van der Waals surface area contributed by atoms with Crippen molar-refractivity contribution in [1.29, 1.82) is 0 Å². The van der Waals surface area contributed by atoms with E-state index >= 15 is 0 Å². The molecule has 0 amide bonds. The number of rotatable bonds is 2. The van der Waals surface area contributed by atoms with Gasteiger partial charge in [0.25, 0.3) is 0 Å². The van der Waals surface area contributed by atoms with Crippen LogP contribution < -0.4 is 0 Å². The smallest absolute Gasteiger partial charge is 0.166 e. The second-order valence-electron chi connectivity index (χ2n) is 4.61. The van der Waals surface area contributed by atoms with Crippen molar-refractivity contribution in [2.45, 2.75) is 39.5 Å². The Balaban J connectivity index is 2.59. The van der Waals surface area contributed by atoms with Gasteiger partial charge in [-0.3, -0.25) is 4.79 Å². The summed E-state index contributed by atoms with van der Waals surface area (Å²) in [4.78, 5) is 12.0. The number of Topliss-reactive ketones (excluding diaryl/α,β-unsaturated/α-hetero) is 1. The average Bonchev–Trinajstić information content (AvgIpc) is 2.29. The molecule has 0 fully saturated rings. The molecule has 1 aliphatic carbocycles. The molecular weight excluding hydrogens is 212 g/mol. The summed E-state index contributed by atoms with van der Waals surface area (Å²) < 4.78 is 0. The van der Waals surface area contributed by atoms with Gasteiger partial charge in [0.2, 0.25) is 0 Å². The van der Waals surface area contributed by atoms with Gasteiger partial charge in [0.15, 0.2) is 5.78 Å². The van der Waals surface area contributed by atoms with Crippen LogP contribution in [0.1, 0.15) is 42.9 Å².